The van der Waals surface area contributed by atoms with Crippen molar-refractivity contribution in [2.45, 2.75) is 12.8 Å². The Labute approximate surface area is 109 Å². The minimum Gasteiger partial charge on any atom is -0.396 e. The Morgan fingerprint density at radius 2 is 2.22 bits per heavy atom. The van der Waals surface area contributed by atoms with Crippen LogP contribution in [0.1, 0.15) is 12.8 Å². The normalized spacial score (nSPS) is 16.2. The summed E-state index contributed by atoms with van der Waals surface area (Å²) in [6.45, 7) is 0.452. The third-order valence-electron chi connectivity index (χ3n) is 3.10. The number of anilines is 1. The molecule has 1 aromatic carbocycles. The number of aliphatic hydroxyl groups is 1. The first-order valence-corrected chi connectivity index (χ1v) is 6.03. The van der Waals surface area contributed by atoms with Gasteiger partial charge in [0.1, 0.15) is 5.82 Å². The largest absolute Gasteiger partial charge is 0.396 e. The lowest BCUT2D eigenvalue weighted by Gasteiger charge is -2.13. The van der Waals surface area contributed by atoms with Gasteiger partial charge in [0.05, 0.1) is 12.3 Å². The van der Waals surface area contributed by atoms with E-state index in [-0.39, 0.29) is 22.7 Å². The summed E-state index contributed by atoms with van der Waals surface area (Å²) in [5, 5.41) is 14.4. The highest BCUT2D eigenvalue weighted by molar-refractivity contribution is 6.30. The first-order valence-electron chi connectivity index (χ1n) is 5.65. The second-order valence-corrected chi connectivity index (χ2v) is 5.03. The molecule has 0 aliphatic heterocycles. The number of carbonyl (C=O) groups is 1. The van der Waals surface area contributed by atoms with Crippen molar-refractivity contribution in [2.75, 3.05) is 18.5 Å². The van der Waals surface area contributed by atoms with E-state index in [0.29, 0.717) is 6.54 Å². The maximum atomic E-state index is 13.4. The average molecular weight is 273 g/mol. The van der Waals surface area contributed by atoms with E-state index in [1.807, 2.05) is 0 Å². The molecule has 18 heavy (non-hydrogen) atoms. The molecule has 6 heteroatoms. The molecule has 0 bridgehead atoms. The Morgan fingerprint density at radius 1 is 1.50 bits per heavy atom. The van der Waals surface area contributed by atoms with Crippen molar-refractivity contribution < 1.29 is 14.3 Å². The highest BCUT2D eigenvalue weighted by Crippen LogP contribution is 2.44. The summed E-state index contributed by atoms with van der Waals surface area (Å²) in [4.78, 5) is 11.5. The molecule has 3 N–H and O–H groups in total. The summed E-state index contributed by atoms with van der Waals surface area (Å²) in [6.07, 6.45) is 1.80. The van der Waals surface area contributed by atoms with Crippen LogP contribution in [0.25, 0.3) is 0 Å². The molecule has 0 spiro atoms. The Balaban J connectivity index is 1.87. The molecule has 0 atom stereocenters. The third-order valence-corrected chi connectivity index (χ3v) is 3.33. The molecular weight excluding hydrogens is 259 g/mol. The minimum absolute atomic E-state index is 0.0581. The van der Waals surface area contributed by atoms with Gasteiger partial charge in [-0.15, -0.1) is 0 Å². The lowest BCUT2D eigenvalue weighted by atomic mass is 10.1. The molecule has 1 saturated carbocycles. The van der Waals surface area contributed by atoms with Crippen LogP contribution in [0.4, 0.5) is 14.9 Å². The van der Waals surface area contributed by atoms with Gasteiger partial charge < -0.3 is 15.7 Å². The van der Waals surface area contributed by atoms with Crippen molar-refractivity contribution in [3.63, 3.8) is 0 Å². The van der Waals surface area contributed by atoms with Gasteiger partial charge in [-0.05, 0) is 31.0 Å². The van der Waals surface area contributed by atoms with Gasteiger partial charge in [0.25, 0.3) is 0 Å². The molecule has 2 amide bonds. The number of nitrogens with one attached hydrogen (secondary N) is 2. The number of hydrogen-bond acceptors (Lipinski definition) is 2. The van der Waals surface area contributed by atoms with E-state index in [2.05, 4.69) is 10.6 Å². The smallest absolute Gasteiger partial charge is 0.319 e. The fourth-order valence-electron chi connectivity index (χ4n) is 1.59. The second kappa shape index (κ2) is 5.12. The number of hydrogen-bond donors (Lipinski definition) is 3. The van der Waals surface area contributed by atoms with Gasteiger partial charge in [0.15, 0.2) is 0 Å². The molecule has 4 nitrogen and oxygen atoms in total. The van der Waals surface area contributed by atoms with Crippen LogP contribution < -0.4 is 10.6 Å². The molecule has 0 heterocycles. The maximum Gasteiger partial charge on any atom is 0.319 e. The lowest BCUT2D eigenvalue weighted by Crippen LogP contribution is -2.35. The molecule has 1 aliphatic rings. The van der Waals surface area contributed by atoms with Crippen LogP contribution in [0, 0.1) is 11.2 Å². The maximum absolute atomic E-state index is 13.4. The predicted molar refractivity (Wildman–Crippen MR) is 67.2 cm³/mol. The zero-order valence-electron chi connectivity index (χ0n) is 9.67. The van der Waals surface area contributed by atoms with Crippen molar-refractivity contribution in [2.24, 2.45) is 5.41 Å². The number of benzene rings is 1. The van der Waals surface area contributed by atoms with Gasteiger partial charge in [0, 0.05) is 17.0 Å². The van der Waals surface area contributed by atoms with Gasteiger partial charge in [-0.2, -0.15) is 0 Å². The van der Waals surface area contributed by atoms with Crippen LogP contribution in [0.2, 0.25) is 5.02 Å². The first kappa shape index (κ1) is 13.1. The van der Waals surface area contributed by atoms with Crippen molar-refractivity contribution in [3.05, 3.63) is 29.0 Å². The average Bonchev–Trinajstić information content (AvgIpc) is 3.11. The Bertz CT molecular complexity index is 463. The molecule has 0 saturated heterocycles. The SMILES string of the molecule is O=C(NCC1(CO)CC1)Nc1ccc(Cl)cc1F. The van der Waals surface area contributed by atoms with Gasteiger partial charge in [-0.25, -0.2) is 9.18 Å². The molecule has 98 valence electrons. The highest BCUT2D eigenvalue weighted by atomic mass is 35.5. The second-order valence-electron chi connectivity index (χ2n) is 4.59. The number of halogens is 2. The van der Waals surface area contributed by atoms with Gasteiger partial charge in [-0.3, -0.25) is 0 Å². The summed E-state index contributed by atoms with van der Waals surface area (Å²) < 4.78 is 13.4. The van der Waals surface area contributed by atoms with E-state index in [0.717, 1.165) is 18.9 Å². The Kier molecular flexibility index (Phi) is 3.73. The van der Waals surface area contributed by atoms with Gasteiger partial charge >= 0.3 is 6.03 Å². The molecule has 1 aliphatic carbocycles. The molecule has 0 unspecified atom stereocenters. The molecule has 1 fully saturated rings. The fraction of sp³-hybridized carbons (Fsp3) is 0.417. The van der Waals surface area contributed by atoms with Crippen molar-refractivity contribution in [1.29, 1.82) is 0 Å². The standard InChI is InChI=1S/C12H14ClFN2O2/c13-8-1-2-10(9(14)5-8)16-11(18)15-6-12(7-17)3-4-12/h1-2,5,17H,3-4,6-7H2,(H2,15,16,18). The highest BCUT2D eigenvalue weighted by Gasteiger charge is 2.42. The van der Waals surface area contributed by atoms with Crippen LogP contribution in [0.5, 0.6) is 0 Å². The number of carbonyl (C=O) groups excluding carboxylic acids is 1. The van der Waals surface area contributed by atoms with Crippen LogP contribution in [-0.4, -0.2) is 24.3 Å². The van der Waals surface area contributed by atoms with E-state index in [1.165, 1.54) is 12.1 Å². The van der Waals surface area contributed by atoms with Crippen LogP contribution >= 0.6 is 11.6 Å². The van der Waals surface area contributed by atoms with E-state index < -0.39 is 11.8 Å². The van der Waals surface area contributed by atoms with Crippen LogP contribution in [0.15, 0.2) is 18.2 Å². The summed E-state index contributed by atoms with van der Waals surface area (Å²) in [5.74, 6) is -0.582. The van der Waals surface area contributed by atoms with Crippen LogP contribution in [-0.2, 0) is 0 Å². The van der Waals surface area contributed by atoms with Gasteiger partial charge in [-0.1, -0.05) is 11.6 Å². The summed E-state index contributed by atoms with van der Waals surface area (Å²) in [5.41, 5.74) is -0.0960. The summed E-state index contributed by atoms with van der Waals surface area (Å²) in [6, 6.07) is 3.54. The zero-order valence-corrected chi connectivity index (χ0v) is 10.4. The van der Waals surface area contributed by atoms with E-state index in [9.17, 15) is 9.18 Å². The summed E-state index contributed by atoms with van der Waals surface area (Å²) in [7, 11) is 0. The zero-order chi connectivity index (χ0) is 13.2. The quantitative estimate of drug-likeness (QED) is 0.788. The van der Waals surface area contributed by atoms with E-state index in [4.69, 9.17) is 16.7 Å². The molecular formula is C12H14ClFN2O2. The Hall–Kier alpha value is -1.33. The Morgan fingerprint density at radius 3 is 2.78 bits per heavy atom. The van der Waals surface area contributed by atoms with Crippen molar-refractivity contribution in [3.8, 4) is 0 Å². The molecule has 2 rings (SSSR count). The predicted octanol–water partition coefficient (Wildman–Crippen LogP) is 2.37. The fourth-order valence-corrected chi connectivity index (χ4v) is 1.75. The monoisotopic (exact) mass is 272 g/mol. The van der Waals surface area contributed by atoms with Gasteiger partial charge in [0.2, 0.25) is 0 Å². The number of rotatable bonds is 4. The van der Waals surface area contributed by atoms with Crippen molar-refractivity contribution >= 4 is 23.3 Å². The summed E-state index contributed by atoms with van der Waals surface area (Å²) >= 11 is 5.61. The third kappa shape index (κ3) is 3.11. The number of urea groups is 1. The van der Waals surface area contributed by atoms with E-state index in [1.54, 1.807) is 0 Å². The molecule has 1 aromatic rings. The number of aliphatic hydroxyl groups excluding tert-OH is 1. The molecule has 0 radical (unpaired) electrons. The molecule has 0 aromatic heterocycles. The van der Waals surface area contributed by atoms with E-state index >= 15 is 0 Å². The topological polar surface area (TPSA) is 61.4 Å². The van der Waals surface area contributed by atoms with Crippen molar-refractivity contribution in [1.82, 2.24) is 5.32 Å². The lowest BCUT2D eigenvalue weighted by molar-refractivity contribution is 0.206. The first-order chi connectivity index (χ1) is 8.54. The number of amides is 2. The van der Waals surface area contributed by atoms with Crippen LogP contribution in [0.3, 0.4) is 0 Å². The minimum atomic E-state index is -0.582.